The number of nitrogens with one attached hydrogen (secondary N) is 1. The van der Waals surface area contributed by atoms with Crippen LogP contribution in [0, 0.1) is 24.6 Å². The van der Waals surface area contributed by atoms with Gasteiger partial charge in [-0.25, -0.2) is 4.39 Å². The van der Waals surface area contributed by atoms with Crippen molar-refractivity contribution in [2.45, 2.75) is 51.6 Å². The average Bonchev–Trinajstić information content (AvgIpc) is 3.36. The summed E-state index contributed by atoms with van der Waals surface area (Å²) in [6.07, 6.45) is 1.42. The lowest BCUT2D eigenvalue weighted by Crippen LogP contribution is -2.59. The van der Waals surface area contributed by atoms with E-state index in [0.29, 0.717) is 18.9 Å². The second-order valence-electron chi connectivity index (χ2n) is 8.67. The van der Waals surface area contributed by atoms with E-state index in [1.807, 2.05) is 23.3 Å². The van der Waals surface area contributed by atoms with Gasteiger partial charge in [0.1, 0.15) is 11.9 Å². The van der Waals surface area contributed by atoms with E-state index < -0.39 is 6.04 Å². The van der Waals surface area contributed by atoms with Crippen LogP contribution in [0.3, 0.4) is 0 Å². The molecule has 1 aromatic heterocycles. The van der Waals surface area contributed by atoms with Crippen molar-refractivity contribution in [1.82, 2.24) is 10.2 Å². The predicted molar refractivity (Wildman–Crippen MR) is 112 cm³/mol. The maximum atomic E-state index is 13.4. The van der Waals surface area contributed by atoms with E-state index in [4.69, 9.17) is 0 Å². The molecule has 6 heteroatoms. The highest BCUT2D eigenvalue weighted by Crippen LogP contribution is 2.49. The Hall–Kier alpha value is -2.21. The van der Waals surface area contributed by atoms with Crippen molar-refractivity contribution < 1.29 is 14.0 Å². The lowest BCUT2D eigenvalue weighted by atomic mass is 9.96. The van der Waals surface area contributed by atoms with Gasteiger partial charge in [-0.1, -0.05) is 26.0 Å². The normalized spacial score (nSPS) is 26.5. The third kappa shape index (κ3) is 4.08. The molecular weight excluding hydrogens is 387 g/mol. The van der Waals surface area contributed by atoms with Crippen molar-refractivity contribution in [3.8, 4) is 0 Å². The fourth-order valence-electron chi connectivity index (χ4n) is 4.35. The minimum Gasteiger partial charge on any atom is -0.345 e. The Morgan fingerprint density at radius 2 is 2.00 bits per heavy atom. The maximum absolute atomic E-state index is 13.4. The smallest absolute Gasteiger partial charge is 0.243 e. The van der Waals surface area contributed by atoms with E-state index in [9.17, 15) is 14.0 Å². The van der Waals surface area contributed by atoms with E-state index in [-0.39, 0.29) is 35.5 Å². The monoisotopic (exact) mass is 414 g/mol. The summed E-state index contributed by atoms with van der Waals surface area (Å²) in [5.74, 6) is 0.0410. The van der Waals surface area contributed by atoms with Gasteiger partial charge in [0.25, 0.3) is 0 Å². The summed E-state index contributed by atoms with van der Waals surface area (Å²) < 4.78 is 13.2. The second kappa shape index (κ2) is 7.90. The van der Waals surface area contributed by atoms with Crippen LogP contribution in [0.1, 0.15) is 54.7 Å². The summed E-state index contributed by atoms with van der Waals surface area (Å²) in [7, 11) is 0. The zero-order chi connectivity index (χ0) is 20.7. The Kier molecular flexibility index (Phi) is 5.47. The van der Waals surface area contributed by atoms with Crippen LogP contribution in [0.4, 0.5) is 4.39 Å². The summed E-state index contributed by atoms with van der Waals surface area (Å²) in [6.45, 7) is 6.69. The lowest BCUT2D eigenvalue weighted by molar-refractivity contribution is -0.146. The first-order valence-corrected chi connectivity index (χ1v) is 11.1. The number of aryl methyl sites for hydroxylation is 1. The molecule has 4 atom stereocenters. The molecule has 4 nitrogen and oxygen atoms in total. The van der Waals surface area contributed by atoms with Crippen molar-refractivity contribution in [2.75, 3.05) is 6.54 Å². The molecule has 0 bridgehead atoms. The van der Waals surface area contributed by atoms with Crippen LogP contribution in [0.25, 0.3) is 0 Å². The largest absolute Gasteiger partial charge is 0.345 e. The molecule has 1 N–H and O–H groups in total. The van der Waals surface area contributed by atoms with Gasteiger partial charge >= 0.3 is 0 Å². The fraction of sp³-hybridized carbons (Fsp3) is 0.478. The topological polar surface area (TPSA) is 49.4 Å². The maximum Gasteiger partial charge on any atom is 0.243 e. The minimum absolute atomic E-state index is 0.0547. The molecule has 2 amide bonds. The SMILES string of the molecule is Cc1ccsc1[C@H]1CN(C(=O)[C@@H]2C[C@H]2c2ccc(F)cc2)[C@@H](CC(C)C)C(=O)N1. The Morgan fingerprint density at radius 1 is 1.28 bits per heavy atom. The van der Waals surface area contributed by atoms with E-state index in [1.165, 1.54) is 12.1 Å². The summed E-state index contributed by atoms with van der Waals surface area (Å²) in [5.41, 5.74) is 2.14. The number of hydrogen-bond donors (Lipinski definition) is 1. The van der Waals surface area contributed by atoms with Crippen LogP contribution in [-0.2, 0) is 9.59 Å². The van der Waals surface area contributed by atoms with E-state index in [1.54, 1.807) is 23.5 Å². The number of piperazine rings is 1. The molecule has 1 aliphatic carbocycles. The molecule has 0 unspecified atom stereocenters. The van der Waals surface area contributed by atoms with Crippen molar-refractivity contribution in [3.63, 3.8) is 0 Å². The predicted octanol–water partition coefficient (Wildman–Crippen LogP) is 4.41. The van der Waals surface area contributed by atoms with Gasteiger partial charge in [-0.2, -0.15) is 0 Å². The van der Waals surface area contributed by atoms with E-state index >= 15 is 0 Å². The van der Waals surface area contributed by atoms with Gasteiger partial charge in [-0.15, -0.1) is 11.3 Å². The Bertz CT molecular complexity index is 908. The molecule has 29 heavy (non-hydrogen) atoms. The molecule has 2 fully saturated rings. The van der Waals surface area contributed by atoms with Gasteiger partial charge in [0.15, 0.2) is 0 Å². The fourth-order valence-corrected chi connectivity index (χ4v) is 5.32. The molecule has 1 aliphatic heterocycles. The number of nitrogens with zero attached hydrogens (tertiary/aromatic N) is 1. The van der Waals surface area contributed by atoms with Crippen molar-refractivity contribution in [2.24, 2.45) is 11.8 Å². The third-order valence-electron chi connectivity index (χ3n) is 5.98. The van der Waals surface area contributed by atoms with Crippen LogP contribution in [0.2, 0.25) is 0 Å². The van der Waals surface area contributed by atoms with Gasteiger partial charge < -0.3 is 10.2 Å². The molecule has 0 radical (unpaired) electrons. The first-order valence-electron chi connectivity index (χ1n) is 10.3. The summed E-state index contributed by atoms with van der Waals surface area (Å²) in [6, 6.07) is 7.89. The van der Waals surface area contributed by atoms with Crippen molar-refractivity contribution >= 4 is 23.2 Å². The van der Waals surface area contributed by atoms with E-state index in [0.717, 1.165) is 22.4 Å². The van der Waals surface area contributed by atoms with Gasteiger partial charge in [0, 0.05) is 17.3 Å². The van der Waals surface area contributed by atoms with Crippen LogP contribution in [-0.4, -0.2) is 29.3 Å². The van der Waals surface area contributed by atoms with Crippen LogP contribution in [0.15, 0.2) is 35.7 Å². The minimum atomic E-state index is -0.423. The molecule has 154 valence electrons. The van der Waals surface area contributed by atoms with Gasteiger partial charge in [0.05, 0.1) is 6.04 Å². The standard InChI is InChI=1S/C23H27FN2O2S/c1-13(2)10-20-22(27)25-19(21-14(3)8-9-29-21)12-26(20)23(28)18-11-17(18)15-4-6-16(24)7-5-15/h4-9,13,17-20H,10-12H2,1-3H3,(H,25,27)/t17-,18+,19+,20-/m0/s1. The molecule has 1 aromatic carbocycles. The first-order chi connectivity index (χ1) is 13.8. The zero-order valence-electron chi connectivity index (χ0n) is 17.0. The molecule has 2 heterocycles. The average molecular weight is 415 g/mol. The van der Waals surface area contributed by atoms with Crippen LogP contribution in [0.5, 0.6) is 0 Å². The number of halogens is 1. The number of rotatable bonds is 5. The quantitative estimate of drug-likeness (QED) is 0.788. The third-order valence-corrected chi connectivity index (χ3v) is 7.11. The number of carbonyl (C=O) groups excluding carboxylic acids is 2. The first kappa shape index (κ1) is 20.1. The summed E-state index contributed by atoms with van der Waals surface area (Å²) in [5, 5.41) is 5.17. The highest BCUT2D eigenvalue weighted by Gasteiger charge is 2.49. The number of thiophene rings is 1. The Labute approximate surface area is 175 Å². The highest BCUT2D eigenvalue weighted by atomic mass is 32.1. The van der Waals surface area contributed by atoms with Crippen molar-refractivity contribution in [3.05, 3.63) is 57.5 Å². The van der Waals surface area contributed by atoms with Gasteiger partial charge in [-0.05, 0) is 66.3 Å². The molecule has 1 saturated carbocycles. The Balaban J connectivity index is 1.55. The van der Waals surface area contributed by atoms with Crippen molar-refractivity contribution in [1.29, 1.82) is 0 Å². The van der Waals surface area contributed by atoms with E-state index in [2.05, 4.69) is 19.2 Å². The molecule has 2 aromatic rings. The lowest BCUT2D eigenvalue weighted by Gasteiger charge is -2.40. The Morgan fingerprint density at radius 3 is 2.62 bits per heavy atom. The second-order valence-corrected chi connectivity index (χ2v) is 9.61. The van der Waals surface area contributed by atoms with Gasteiger partial charge in [-0.3, -0.25) is 9.59 Å². The highest BCUT2D eigenvalue weighted by molar-refractivity contribution is 7.10. The summed E-state index contributed by atoms with van der Waals surface area (Å²) in [4.78, 5) is 29.3. The molecule has 0 spiro atoms. The molecule has 1 saturated heterocycles. The molecule has 4 rings (SSSR count). The number of benzene rings is 1. The van der Waals surface area contributed by atoms with Gasteiger partial charge in [0.2, 0.25) is 11.8 Å². The zero-order valence-corrected chi connectivity index (χ0v) is 17.8. The molecular formula is C23H27FN2O2S. The number of carbonyl (C=O) groups is 2. The summed E-state index contributed by atoms with van der Waals surface area (Å²) >= 11 is 1.62. The number of amides is 2. The van der Waals surface area contributed by atoms with Crippen LogP contribution < -0.4 is 5.32 Å². The van der Waals surface area contributed by atoms with Crippen LogP contribution >= 0.6 is 11.3 Å². The molecule has 2 aliphatic rings. The number of hydrogen-bond acceptors (Lipinski definition) is 3.